The maximum absolute atomic E-state index is 14.2. The number of hydrogen-bond acceptors (Lipinski definition) is 6. The van der Waals surface area contributed by atoms with Gasteiger partial charge in [-0.25, -0.2) is 17.7 Å². The first-order chi connectivity index (χ1) is 12.8. The molecule has 3 heterocycles. The number of sulfonamides is 1. The first-order valence-corrected chi connectivity index (χ1v) is 11.0. The smallest absolute Gasteiger partial charge is 0.254 e. The molecule has 0 unspecified atom stereocenters. The zero-order valence-corrected chi connectivity index (χ0v) is 16.4. The van der Waals surface area contributed by atoms with Crippen LogP contribution in [0.4, 0.5) is 4.39 Å². The molecule has 0 spiro atoms. The van der Waals surface area contributed by atoms with Gasteiger partial charge in [-0.2, -0.15) is 9.37 Å². The van der Waals surface area contributed by atoms with E-state index in [2.05, 4.69) is 9.97 Å². The molecule has 2 aliphatic heterocycles. The highest BCUT2D eigenvalue weighted by Crippen LogP contribution is 2.25. The lowest BCUT2D eigenvalue weighted by Crippen LogP contribution is -2.43. The van der Waals surface area contributed by atoms with Crippen LogP contribution in [0.5, 0.6) is 5.88 Å². The van der Waals surface area contributed by atoms with Crippen molar-refractivity contribution in [1.29, 1.82) is 0 Å². The molecule has 1 aromatic rings. The zero-order chi connectivity index (χ0) is 19.6. The maximum atomic E-state index is 14.2. The van der Waals surface area contributed by atoms with Gasteiger partial charge in [-0.05, 0) is 19.3 Å². The largest absolute Gasteiger partial charge is 0.470 e. The van der Waals surface area contributed by atoms with Crippen molar-refractivity contribution in [2.45, 2.75) is 38.7 Å². The number of carbonyl (C=O) groups excluding carboxylic acids is 1. The standard InChI is InChI=1S/C17H25FN4O4S/c1-3-14-15(18)16(20-11-19-14)26-13-6-7-21(10-13)17(23)12-4-8-22(9-5-12)27(2,24)25/h11-13H,3-10H2,1-2H3/t13-/m0/s1. The highest BCUT2D eigenvalue weighted by molar-refractivity contribution is 7.88. The van der Waals surface area contributed by atoms with Gasteiger partial charge < -0.3 is 9.64 Å². The Morgan fingerprint density at radius 2 is 1.96 bits per heavy atom. The summed E-state index contributed by atoms with van der Waals surface area (Å²) in [6.45, 7) is 3.48. The van der Waals surface area contributed by atoms with Crippen LogP contribution in [0.2, 0.25) is 0 Å². The lowest BCUT2D eigenvalue weighted by Gasteiger charge is -2.31. The molecule has 27 heavy (non-hydrogen) atoms. The van der Waals surface area contributed by atoms with Crippen LogP contribution in [-0.2, 0) is 21.2 Å². The van der Waals surface area contributed by atoms with E-state index in [1.807, 2.05) is 0 Å². The summed E-state index contributed by atoms with van der Waals surface area (Å²) in [6, 6.07) is 0. The summed E-state index contributed by atoms with van der Waals surface area (Å²) in [7, 11) is -3.21. The second kappa shape index (κ2) is 8.05. The Labute approximate surface area is 158 Å². The second-order valence-electron chi connectivity index (χ2n) is 7.04. The normalized spacial score (nSPS) is 22.2. The molecule has 0 aliphatic carbocycles. The number of ether oxygens (including phenoxy) is 1. The molecule has 2 aliphatic rings. The van der Waals surface area contributed by atoms with E-state index < -0.39 is 15.8 Å². The molecule has 3 rings (SSSR count). The topological polar surface area (TPSA) is 92.7 Å². The SMILES string of the molecule is CCc1ncnc(O[C@H]2CCN(C(=O)C3CCN(S(C)(=O)=O)CC3)C2)c1F. The van der Waals surface area contributed by atoms with Gasteiger partial charge in [0.2, 0.25) is 21.7 Å². The van der Waals surface area contributed by atoms with Crippen molar-refractivity contribution in [3.8, 4) is 5.88 Å². The van der Waals surface area contributed by atoms with Gasteiger partial charge in [0, 0.05) is 32.0 Å². The van der Waals surface area contributed by atoms with E-state index in [0.29, 0.717) is 57.6 Å². The second-order valence-corrected chi connectivity index (χ2v) is 9.02. The number of aryl methyl sites for hydroxylation is 1. The lowest BCUT2D eigenvalue weighted by atomic mass is 9.97. The van der Waals surface area contributed by atoms with E-state index in [4.69, 9.17) is 4.74 Å². The number of halogens is 1. The van der Waals surface area contributed by atoms with Crippen LogP contribution in [0, 0.1) is 11.7 Å². The molecule has 1 amide bonds. The number of amides is 1. The number of nitrogens with zero attached hydrogens (tertiary/aromatic N) is 4. The van der Waals surface area contributed by atoms with Gasteiger partial charge in [0.15, 0.2) is 0 Å². The van der Waals surface area contributed by atoms with Gasteiger partial charge in [-0.15, -0.1) is 0 Å². The van der Waals surface area contributed by atoms with Gasteiger partial charge in [0.25, 0.3) is 5.88 Å². The van der Waals surface area contributed by atoms with Crippen LogP contribution < -0.4 is 4.74 Å². The predicted molar refractivity (Wildman–Crippen MR) is 96.1 cm³/mol. The summed E-state index contributed by atoms with van der Waals surface area (Å²) >= 11 is 0. The predicted octanol–water partition coefficient (Wildman–Crippen LogP) is 0.829. The molecule has 8 nitrogen and oxygen atoms in total. The Morgan fingerprint density at radius 3 is 2.59 bits per heavy atom. The summed E-state index contributed by atoms with van der Waals surface area (Å²) in [5.41, 5.74) is 0.309. The van der Waals surface area contributed by atoms with Crippen molar-refractivity contribution in [3.05, 3.63) is 17.8 Å². The van der Waals surface area contributed by atoms with E-state index in [-0.39, 0.29) is 23.8 Å². The van der Waals surface area contributed by atoms with Gasteiger partial charge in [-0.3, -0.25) is 4.79 Å². The Morgan fingerprint density at radius 1 is 1.26 bits per heavy atom. The number of aromatic nitrogens is 2. The number of carbonyl (C=O) groups is 1. The van der Waals surface area contributed by atoms with Crippen molar-refractivity contribution >= 4 is 15.9 Å². The van der Waals surface area contributed by atoms with Gasteiger partial charge >= 0.3 is 0 Å². The van der Waals surface area contributed by atoms with E-state index in [1.165, 1.54) is 16.9 Å². The Balaban J connectivity index is 1.55. The lowest BCUT2D eigenvalue weighted by molar-refractivity contribution is -0.135. The van der Waals surface area contributed by atoms with Crippen molar-refractivity contribution in [3.63, 3.8) is 0 Å². The van der Waals surface area contributed by atoms with Crippen LogP contribution in [0.3, 0.4) is 0 Å². The third kappa shape index (κ3) is 4.55. The van der Waals surface area contributed by atoms with E-state index in [9.17, 15) is 17.6 Å². The third-order valence-corrected chi connectivity index (χ3v) is 6.47. The Hall–Kier alpha value is -1.81. The maximum Gasteiger partial charge on any atom is 0.254 e. The van der Waals surface area contributed by atoms with Crippen molar-refractivity contribution < 1.29 is 22.3 Å². The molecule has 2 saturated heterocycles. The van der Waals surface area contributed by atoms with Crippen LogP contribution in [0.25, 0.3) is 0 Å². The molecule has 0 saturated carbocycles. The molecule has 0 radical (unpaired) electrons. The third-order valence-electron chi connectivity index (χ3n) is 5.17. The average molecular weight is 400 g/mol. The van der Waals surface area contributed by atoms with Crippen LogP contribution in [0.15, 0.2) is 6.33 Å². The summed E-state index contributed by atoms with van der Waals surface area (Å²) in [5.74, 6) is -0.767. The van der Waals surface area contributed by atoms with Crippen molar-refractivity contribution in [1.82, 2.24) is 19.2 Å². The zero-order valence-electron chi connectivity index (χ0n) is 15.6. The number of hydrogen-bond donors (Lipinski definition) is 0. The molecule has 0 N–H and O–H groups in total. The minimum Gasteiger partial charge on any atom is -0.470 e. The average Bonchev–Trinajstić information content (AvgIpc) is 3.11. The summed E-state index contributed by atoms with van der Waals surface area (Å²) < 4.78 is 44.5. The van der Waals surface area contributed by atoms with Gasteiger partial charge in [-0.1, -0.05) is 6.92 Å². The monoisotopic (exact) mass is 400 g/mol. The fraction of sp³-hybridized carbons (Fsp3) is 0.706. The minimum absolute atomic E-state index is 0.0201. The highest BCUT2D eigenvalue weighted by Gasteiger charge is 2.35. The molecular weight excluding hydrogens is 375 g/mol. The van der Waals surface area contributed by atoms with E-state index in [1.54, 1.807) is 11.8 Å². The van der Waals surface area contributed by atoms with Gasteiger partial charge in [0.1, 0.15) is 12.4 Å². The first kappa shape index (κ1) is 19.9. The molecule has 1 atom stereocenters. The number of rotatable bonds is 5. The molecule has 150 valence electrons. The quantitative estimate of drug-likeness (QED) is 0.727. The number of likely N-dealkylation sites (tertiary alicyclic amines) is 1. The molecule has 1 aromatic heterocycles. The van der Waals surface area contributed by atoms with Crippen LogP contribution in [-0.4, -0.2) is 72.0 Å². The summed E-state index contributed by atoms with van der Waals surface area (Å²) in [6.07, 6.45) is 4.27. The Bertz CT molecular complexity index is 796. The van der Waals surface area contributed by atoms with E-state index in [0.717, 1.165) is 0 Å². The fourth-order valence-corrected chi connectivity index (χ4v) is 4.47. The molecular formula is C17H25FN4O4S. The first-order valence-electron chi connectivity index (χ1n) is 9.19. The van der Waals surface area contributed by atoms with E-state index >= 15 is 0 Å². The molecule has 2 fully saturated rings. The molecule has 0 bridgehead atoms. The van der Waals surface area contributed by atoms with Crippen molar-refractivity contribution in [2.75, 3.05) is 32.4 Å². The Kier molecular flexibility index (Phi) is 5.95. The summed E-state index contributed by atoms with van der Waals surface area (Å²) in [5, 5.41) is 0. The highest BCUT2D eigenvalue weighted by atomic mass is 32.2. The minimum atomic E-state index is -3.21. The fourth-order valence-electron chi connectivity index (χ4n) is 3.59. The molecule has 10 heteroatoms. The number of piperidine rings is 1. The molecule has 0 aromatic carbocycles. The van der Waals surface area contributed by atoms with Crippen molar-refractivity contribution in [2.24, 2.45) is 5.92 Å². The van der Waals surface area contributed by atoms with Crippen LogP contribution in [0.1, 0.15) is 31.9 Å². The summed E-state index contributed by atoms with van der Waals surface area (Å²) in [4.78, 5) is 22.2. The van der Waals surface area contributed by atoms with Gasteiger partial charge in [0.05, 0.1) is 18.5 Å². The van der Waals surface area contributed by atoms with Crippen LogP contribution >= 0.6 is 0 Å².